The molecule has 110 valence electrons. The van der Waals surface area contributed by atoms with Gasteiger partial charge in [0.05, 0.1) is 0 Å². The van der Waals surface area contributed by atoms with Crippen LogP contribution in [-0.4, -0.2) is 10.7 Å². The highest BCUT2D eigenvalue weighted by Gasteiger charge is 2.37. The van der Waals surface area contributed by atoms with Gasteiger partial charge in [-0.05, 0) is 62.0 Å². The molecule has 0 heterocycles. The van der Waals surface area contributed by atoms with E-state index in [2.05, 4.69) is 56.5 Å². The van der Waals surface area contributed by atoms with Crippen LogP contribution in [0.2, 0.25) is 0 Å². The van der Waals surface area contributed by atoms with Gasteiger partial charge in [0.1, 0.15) is 0 Å². The highest BCUT2D eigenvalue weighted by Crippen LogP contribution is 2.35. The Labute approximate surface area is 128 Å². The molecule has 3 heteroatoms. The van der Waals surface area contributed by atoms with Gasteiger partial charge < -0.3 is 10.6 Å². The van der Waals surface area contributed by atoms with Crippen LogP contribution < -0.4 is 10.6 Å². The summed E-state index contributed by atoms with van der Waals surface area (Å²) in [7, 11) is 0. The maximum Gasteiger partial charge on any atom is 0.171 e. The SMILES string of the molecule is Cc1ccc(C)c(NC(=S)NC2(C(C)C)CCCC2)c1. The standard InChI is InChI=1S/C17H26N2S/c1-12(2)17(9-5-6-10-17)19-16(20)18-15-11-13(3)7-8-14(15)4/h7-8,11-12H,5-6,9-10H2,1-4H3,(H2,18,19,20). The largest absolute Gasteiger partial charge is 0.357 e. The van der Waals surface area contributed by atoms with E-state index < -0.39 is 0 Å². The lowest BCUT2D eigenvalue weighted by molar-refractivity contribution is 0.283. The molecule has 1 fully saturated rings. The molecule has 0 bridgehead atoms. The molecule has 1 aromatic carbocycles. The Hall–Kier alpha value is -1.09. The topological polar surface area (TPSA) is 24.1 Å². The van der Waals surface area contributed by atoms with E-state index in [1.165, 1.54) is 36.8 Å². The highest BCUT2D eigenvalue weighted by molar-refractivity contribution is 7.80. The second-order valence-corrected chi connectivity index (χ2v) is 6.82. The van der Waals surface area contributed by atoms with E-state index in [4.69, 9.17) is 12.2 Å². The fraction of sp³-hybridized carbons (Fsp3) is 0.588. The van der Waals surface area contributed by atoms with Gasteiger partial charge in [-0.15, -0.1) is 0 Å². The first-order chi connectivity index (χ1) is 9.43. The van der Waals surface area contributed by atoms with E-state index in [9.17, 15) is 0 Å². The third kappa shape index (κ3) is 3.32. The van der Waals surface area contributed by atoms with Gasteiger partial charge in [-0.2, -0.15) is 0 Å². The zero-order valence-electron chi connectivity index (χ0n) is 13.0. The van der Waals surface area contributed by atoms with Crippen molar-refractivity contribution in [2.24, 2.45) is 5.92 Å². The van der Waals surface area contributed by atoms with Crippen molar-refractivity contribution in [3.05, 3.63) is 29.3 Å². The predicted octanol–water partition coefficient (Wildman–Crippen LogP) is 4.56. The summed E-state index contributed by atoms with van der Waals surface area (Å²) >= 11 is 5.54. The summed E-state index contributed by atoms with van der Waals surface area (Å²) in [4.78, 5) is 0. The zero-order chi connectivity index (χ0) is 14.8. The van der Waals surface area contributed by atoms with Crippen LogP contribution in [0.5, 0.6) is 0 Å². The van der Waals surface area contributed by atoms with E-state index in [0.29, 0.717) is 5.92 Å². The van der Waals surface area contributed by atoms with Crippen molar-refractivity contribution < 1.29 is 0 Å². The average molecular weight is 290 g/mol. The Kier molecular flexibility index (Phi) is 4.69. The lowest BCUT2D eigenvalue weighted by atomic mass is 9.85. The first kappa shape index (κ1) is 15.3. The number of hydrogen-bond donors (Lipinski definition) is 2. The Balaban J connectivity index is 2.07. The minimum absolute atomic E-state index is 0.182. The summed E-state index contributed by atoms with van der Waals surface area (Å²) in [6.07, 6.45) is 5.05. The first-order valence-corrected chi connectivity index (χ1v) is 8.00. The molecule has 2 nitrogen and oxygen atoms in total. The lowest BCUT2D eigenvalue weighted by Gasteiger charge is -2.36. The zero-order valence-corrected chi connectivity index (χ0v) is 13.9. The molecule has 2 N–H and O–H groups in total. The summed E-state index contributed by atoms with van der Waals surface area (Å²) in [6.45, 7) is 8.80. The molecule has 1 aliphatic carbocycles. The van der Waals surface area contributed by atoms with Gasteiger partial charge in [-0.1, -0.05) is 38.8 Å². The Morgan fingerprint density at radius 2 is 1.85 bits per heavy atom. The molecule has 1 saturated carbocycles. The summed E-state index contributed by atoms with van der Waals surface area (Å²) in [6, 6.07) is 6.41. The third-order valence-electron chi connectivity index (χ3n) is 4.60. The number of rotatable bonds is 3. The molecule has 1 aliphatic rings. The molecule has 1 aromatic rings. The highest BCUT2D eigenvalue weighted by atomic mass is 32.1. The van der Waals surface area contributed by atoms with E-state index >= 15 is 0 Å². The van der Waals surface area contributed by atoms with Crippen LogP contribution in [-0.2, 0) is 0 Å². The van der Waals surface area contributed by atoms with Gasteiger partial charge in [0, 0.05) is 11.2 Å². The minimum atomic E-state index is 0.182. The van der Waals surface area contributed by atoms with Crippen LogP contribution in [0.3, 0.4) is 0 Å². The molecular formula is C17H26N2S. The molecule has 0 aromatic heterocycles. The van der Waals surface area contributed by atoms with E-state index in [0.717, 1.165) is 10.8 Å². The molecule has 20 heavy (non-hydrogen) atoms. The second-order valence-electron chi connectivity index (χ2n) is 6.42. The molecule has 0 spiro atoms. The molecule has 0 saturated heterocycles. The maximum atomic E-state index is 5.54. The molecule has 0 aliphatic heterocycles. The van der Waals surface area contributed by atoms with Crippen molar-refractivity contribution in [3.8, 4) is 0 Å². The van der Waals surface area contributed by atoms with Crippen LogP contribution >= 0.6 is 12.2 Å². The van der Waals surface area contributed by atoms with Crippen LogP contribution in [0.1, 0.15) is 50.7 Å². The van der Waals surface area contributed by atoms with Crippen LogP contribution in [0.4, 0.5) is 5.69 Å². The molecule has 0 amide bonds. The van der Waals surface area contributed by atoms with Crippen molar-refractivity contribution in [2.75, 3.05) is 5.32 Å². The Bertz CT molecular complexity index is 488. The summed E-state index contributed by atoms with van der Waals surface area (Å²) in [5.41, 5.74) is 3.77. The number of anilines is 1. The van der Waals surface area contributed by atoms with Gasteiger partial charge in [-0.25, -0.2) is 0 Å². The second kappa shape index (κ2) is 6.13. The van der Waals surface area contributed by atoms with Crippen molar-refractivity contribution >= 4 is 23.0 Å². The van der Waals surface area contributed by atoms with E-state index in [-0.39, 0.29) is 5.54 Å². The lowest BCUT2D eigenvalue weighted by Crippen LogP contribution is -2.51. The van der Waals surface area contributed by atoms with Crippen molar-refractivity contribution in [3.63, 3.8) is 0 Å². The van der Waals surface area contributed by atoms with Gasteiger partial charge in [-0.3, -0.25) is 0 Å². The van der Waals surface area contributed by atoms with E-state index in [1.54, 1.807) is 0 Å². The van der Waals surface area contributed by atoms with Gasteiger partial charge in [0.15, 0.2) is 5.11 Å². The average Bonchev–Trinajstić information content (AvgIpc) is 2.83. The monoisotopic (exact) mass is 290 g/mol. The van der Waals surface area contributed by atoms with E-state index in [1.807, 2.05) is 0 Å². The molecular weight excluding hydrogens is 264 g/mol. The van der Waals surface area contributed by atoms with Crippen LogP contribution in [0.15, 0.2) is 18.2 Å². The van der Waals surface area contributed by atoms with Crippen molar-refractivity contribution in [1.82, 2.24) is 5.32 Å². The Morgan fingerprint density at radius 1 is 1.20 bits per heavy atom. The molecule has 0 unspecified atom stereocenters. The fourth-order valence-corrected chi connectivity index (χ4v) is 3.42. The fourth-order valence-electron chi connectivity index (χ4n) is 3.10. The number of hydrogen-bond acceptors (Lipinski definition) is 1. The molecule has 0 atom stereocenters. The number of thiocarbonyl (C=S) groups is 1. The van der Waals surface area contributed by atoms with Gasteiger partial charge in [0.2, 0.25) is 0 Å². The number of benzene rings is 1. The van der Waals surface area contributed by atoms with Crippen molar-refractivity contribution in [2.45, 2.75) is 58.9 Å². The summed E-state index contributed by atoms with van der Waals surface area (Å²) in [5, 5.41) is 7.74. The predicted molar refractivity (Wildman–Crippen MR) is 91.3 cm³/mol. The first-order valence-electron chi connectivity index (χ1n) is 7.59. The van der Waals surface area contributed by atoms with Crippen LogP contribution in [0.25, 0.3) is 0 Å². The number of nitrogens with one attached hydrogen (secondary N) is 2. The Morgan fingerprint density at radius 3 is 2.45 bits per heavy atom. The molecule has 2 rings (SSSR count). The minimum Gasteiger partial charge on any atom is -0.357 e. The normalized spacial score (nSPS) is 17.2. The smallest absolute Gasteiger partial charge is 0.171 e. The summed E-state index contributed by atoms with van der Waals surface area (Å²) < 4.78 is 0. The van der Waals surface area contributed by atoms with Crippen LogP contribution in [0, 0.1) is 19.8 Å². The van der Waals surface area contributed by atoms with Gasteiger partial charge >= 0.3 is 0 Å². The maximum absolute atomic E-state index is 5.54. The molecule has 0 radical (unpaired) electrons. The van der Waals surface area contributed by atoms with Crippen molar-refractivity contribution in [1.29, 1.82) is 0 Å². The quantitative estimate of drug-likeness (QED) is 0.798. The van der Waals surface area contributed by atoms with Gasteiger partial charge in [0.25, 0.3) is 0 Å². The third-order valence-corrected chi connectivity index (χ3v) is 4.81. The summed E-state index contributed by atoms with van der Waals surface area (Å²) in [5.74, 6) is 0.600. The number of aryl methyl sites for hydroxylation is 2.